The van der Waals surface area contributed by atoms with E-state index in [1.54, 1.807) is 45.0 Å². The molecule has 1 heterocycles. The van der Waals surface area contributed by atoms with Crippen LogP contribution >= 0.6 is 11.6 Å². The second-order valence-corrected chi connectivity index (χ2v) is 6.38. The molecule has 0 atom stereocenters. The van der Waals surface area contributed by atoms with Gasteiger partial charge in [-0.1, -0.05) is 23.7 Å². The molecule has 4 nitrogen and oxygen atoms in total. The lowest BCUT2D eigenvalue weighted by Crippen LogP contribution is -2.62. The third-order valence-corrected chi connectivity index (χ3v) is 3.36. The Morgan fingerprint density at radius 2 is 1.95 bits per heavy atom. The van der Waals surface area contributed by atoms with Crippen LogP contribution < -0.4 is 0 Å². The van der Waals surface area contributed by atoms with Crippen LogP contribution in [-0.4, -0.2) is 36.7 Å². The number of likely N-dealkylation sites (tertiary alicyclic amines) is 1. The number of ether oxygens (including phenoxy) is 2. The highest BCUT2D eigenvalue weighted by Crippen LogP contribution is 2.36. The molecular formula is C15H20ClNO3. The minimum Gasteiger partial charge on any atom is -0.444 e. The average molecular weight is 301 g/mol. The smallest absolute Gasteiger partial charge is 0.410 e. The SMILES string of the molecule is [2H]C([2H])([2H])OC1(c2ccc(Cl)cc2)CN(C(=O)OC(C)(C)C)C1. The van der Waals surface area contributed by atoms with Crippen molar-refractivity contribution in [3.8, 4) is 0 Å². The van der Waals surface area contributed by atoms with E-state index in [-0.39, 0.29) is 13.1 Å². The molecule has 1 aliphatic rings. The molecule has 1 aromatic rings. The predicted octanol–water partition coefficient (Wildman–Crippen LogP) is 3.43. The third kappa shape index (κ3) is 3.07. The fourth-order valence-corrected chi connectivity index (χ4v) is 2.21. The first-order valence-corrected chi connectivity index (χ1v) is 6.72. The molecule has 1 aliphatic heterocycles. The van der Waals surface area contributed by atoms with Gasteiger partial charge in [-0.05, 0) is 38.5 Å². The summed E-state index contributed by atoms with van der Waals surface area (Å²) < 4.78 is 32.7. The highest BCUT2D eigenvalue weighted by Gasteiger charge is 2.48. The van der Waals surface area contributed by atoms with E-state index >= 15 is 0 Å². The Kier molecular flexibility index (Phi) is 3.00. The van der Waals surface area contributed by atoms with Crippen LogP contribution in [0.4, 0.5) is 4.79 Å². The number of amides is 1. The molecule has 0 N–H and O–H groups in total. The standard InChI is InChI=1S/C15H20ClNO3/c1-14(2,3)20-13(18)17-9-15(10-17,19-4)11-5-7-12(16)8-6-11/h5-8H,9-10H2,1-4H3/i4D3. The van der Waals surface area contributed by atoms with Crippen molar-refractivity contribution >= 4 is 17.7 Å². The van der Waals surface area contributed by atoms with Crippen LogP contribution in [-0.2, 0) is 15.1 Å². The number of hydrogen-bond donors (Lipinski definition) is 0. The Bertz CT molecular complexity index is 575. The quantitative estimate of drug-likeness (QED) is 0.840. The number of hydrogen-bond acceptors (Lipinski definition) is 3. The van der Waals surface area contributed by atoms with Crippen LogP contribution in [0.3, 0.4) is 0 Å². The van der Waals surface area contributed by atoms with Gasteiger partial charge in [0.1, 0.15) is 11.2 Å². The molecule has 0 bridgehead atoms. The molecule has 1 fully saturated rings. The van der Waals surface area contributed by atoms with E-state index < -0.39 is 24.3 Å². The van der Waals surface area contributed by atoms with Crippen LogP contribution in [0.5, 0.6) is 0 Å². The van der Waals surface area contributed by atoms with E-state index in [0.717, 1.165) is 0 Å². The molecule has 0 unspecified atom stereocenters. The summed E-state index contributed by atoms with van der Waals surface area (Å²) >= 11 is 5.87. The van der Waals surface area contributed by atoms with Gasteiger partial charge in [-0.25, -0.2) is 4.79 Å². The van der Waals surface area contributed by atoms with Crippen LogP contribution in [0.15, 0.2) is 24.3 Å². The lowest BCUT2D eigenvalue weighted by atomic mass is 9.86. The van der Waals surface area contributed by atoms with Crippen molar-refractivity contribution in [1.82, 2.24) is 4.90 Å². The van der Waals surface area contributed by atoms with E-state index in [2.05, 4.69) is 0 Å². The van der Waals surface area contributed by atoms with Crippen molar-refractivity contribution in [2.45, 2.75) is 32.0 Å². The fourth-order valence-electron chi connectivity index (χ4n) is 2.09. The maximum atomic E-state index is 12.1. The minimum absolute atomic E-state index is 0.113. The zero-order valence-electron chi connectivity index (χ0n) is 14.8. The van der Waals surface area contributed by atoms with Gasteiger partial charge in [-0.2, -0.15) is 0 Å². The predicted molar refractivity (Wildman–Crippen MR) is 77.9 cm³/mol. The largest absolute Gasteiger partial charge is 0.444 e. The van der Waals surface area contributed by atoms with Crippen LogP contribution in [0.25, 0.3) is 0 Å². The Balaban J connectivity index is 2.17. The lowest BCUT2D eigenvalue weighted by molar-refractivity contribution is -0.127. The first kappa shape index (κ1) is 11.4. The summed E-state index contributed by atoms with van der Waals surface area (Å²) in [6.45, 7) is 5.55. The zero-order chi connectivity index (χ0) is 17.5. The number of rotatable bonds is 2. The van der Waals surface area contributed by atoms with Gasteiger partial charge in [-0.15, -0.1) is 0 Å². The maximum Gasteiger partial charge on any atom is 0.410 e. The molecular weight excluding hydrogens is 278 g/mol. The van der Waals surface area contributed by atoms with Crippen molar-refractivity contribution < 1.29 is 18.4 Å². The third-order valence-electron chi connectivity index (χ3n) is 3.11. The van der Waals surface area contributed by atoms with E-state index in [0.29, 0.717) is 10.6 Å². The van der Waals surface area contributed by atoms with Crippen molar-refractivity contribution in [3.63, 3.8) is 0 Å². The fraction of sp³-hybridized carbons (Fsp3) is 0.533. The van der Waals surface area contributed by atoms with Crippen LogP contribution in [0.2, 0.25) is 5.02 Å². The van der Waals surface area contributed by atoms with Crippen molar-refractivity contribution in [1.29, 1.82) is 0 Å². The van der Waals surface area contributed by atoms with Gasteiger partial charge in [0.2, 0.25) is 0 Å². The number of nitrogens with zero attached hydrogens (tertiary/aromatic N) is 1. The Morgan fingerprint density at radius 1 is 1.35 bits per heavy atom. The van der Waals surface area contributed by atoms with Crippen molar-refractivity contribution in [2.24, 2.45) is 0 Å². The Labute approximate surface area is 128 Å². The van der Waals surface area contributed by atoms with E-state index in [1.165, 1.54) is 4.90 Å². The number of benzene rings is 1. The lowest BCUT2D eigenvalue weighted by Gasteiger charge is -2.49. The van der Waals surface area contributed by atoms with Gasteiger partial charge < -0.3 is 14.4 Å². The van der Waals surface area contributed by atoms with E-state index in [9.17, 15) is 4.79 Å². The Hall–Kier alpha value is -1.26. The number of halogens is 1. The zero-order valence-corrected chi connectivity index (χ0v) is 12.5. The number of carbonyl (C=O) groups excluding carboxylic acids is 1. The second-order valence-electron chi connectivity index (χ2n) is 5.94. The minimum atomic E-state index is -2.57. The molecule has 0 radical (unpaired) electrons. The molecule has 1 amide bonds. The highest BCUT2D eigenvalue weighted by molar-refractivity contribution is 6.30. The molecule has 0 aromatic heterocycles. The normalized spacial score (nSPS) is 20.4. The maximum absolute atomic E-state index is 12.1. The first-order valence-electron chi connectivity index (χ1n) is 7.84. The van der Waals surface area contributed by atoms with Gasteiger partial charge in [0.15, 0.2) is 0 Å². The van der Waals surface area contributed by atoms with Crippen molar-refractivity contribution in [3.05, 3.63) is 34.9 Å². The molecule has 2 rings (SSSR count). The number of carbonyl (C=O) groups is 1. The second kappa shape index (κ2) is 5.26. The van der Waals surface area contributed by atoms with Gasteiger partial charge >= 0.3 is 6.09 Å². The number of methoxy groups -OCH3 is 1. The monoisotopic (exact) mass is 300 g/mol. The average Bonchev–Trinajstić information content (AvgIpc) is 2.30. The van der Waals surface area contributed by atoms with Crippen molar-refractivity contribution in [2.75, 3.05) is 20.1 Å². The highest BCUT2D eigenvalue weighted by atomic mass is 35.5. The molecule has 0 saturated carbocycles. The molecule has 1 aromatic carbocycles. The molecule has 5 heteroatoms. The summed E-state index contributed by atoms with van der Waals surface area (Å²) in [5.74, 6) is 0. The summed E-state index contributed by atoms with van der Waals surface area (Å²) in [5, 5.41) is 0.543. The summed E-state index contributed by atoms with van der Waals surface area (Å²) in [5.41, 5.74) is -1.02. The van der Waals surface area contributed by atoms with Crippen LogP contribution in [0, 0.1) is 0 Å². The topological polar surface area (TPSA) is 38.8 Å². The molecule has 0 aliphatic carbocycles. The van der Waals surface area contributed by atoms with Gasteiger partial charge in [0, 0.05) is 12.1 Å². The first-order chi connectivity index (χ1) is 10.4. The van der Waals surface area contributed by atoms with Gasteiger partial charge in [0.25, 0.3) is 0 Å². The molecule has 0 spiro atoms. The molecule has 1 saturated heterocycles. The Morgan fingerprint density at radius 3 is 2.45 bits per heavy atom. The van der Waals surface area contributed by atoms with Gasteiger partial charge in [-0.3, -0.25) is 0 Å². The summed E-state index contributed by atoms with van der Waals surface area (Å²) in [7, 11) is -2.57. The molecule has 20 heavy (non-hydrogen) atoms. The molecule has 110 valence electrons. The van der Waals surface area contributed by atoms with Crippen LogP contribution in [0.1, 0.15) is 30.4 Å². The van der Waals surface area contributed by atoms with E-state index in [4.69, 9.17) is 25.2 Å². The van der Waals surface area contributed by atoms with Gasteiger partial charge in [0.05, 0.1) is 17.2 Å². The summed E-state index contributed by atoms with van der Waals surface area (Å²) in [4.78, 5) is 13.5. The summed E-state index contributed by atoms with van der Waals surface area (Å²) in [6.07, 6.45) is -0.490. The summed E-state index contributed by atoms with van der Waals surface area (Å²) in [6, 6.07) is 6.75. The van der Waals surface area contributed by atoms with E-state index in [1.807, 2.05) is 0 Å².